The molecule has 1 aromatic heterocycles. The van der Waals surface area contributed by atoms with Crippen molar-refractivity contribution < 1.29 is 4.42 Å². The van der Waals surface area contributed by atoms with Crippen LogP contribution in [0.25, 0.3) is 11.0 Å². The Morgan fingerprint density at radius 1 is 1.32 bits per heavy atom. The van der Waals surface area contributed by atoms with Gasteiger partial charge in [0, 0.05) is 5.39 Å². The van der Waals surface area contributed by atoms with Crippen LogP contribution in [0.15, 0.2) is 44.8 Å². The molecule has 1 heterocycles. The van der Waals surface area contributed by atoms with E-state index in [4.69, 9.17) is 10.3 Å². The number of fused-ring (bicyclic) bond motifs is 1. The molecule has 0 saturated carbocycles. The van der Waals surface area contributed by atoms with Gasteiger partial charge in [-0.2, -0.15) is 0 Å². The molecule has 1 aliphatic carbocycles. The van der Waals surface area contributed by atoms with Crippen molar-refractivity contribution >= 4 is 26.9 Å². The lowest BCUT2D eigenvalue weighted by molar-refractivity contribution is 0.455. The van der Waals surface area contributed by atoms with Crippen LogP contribution in [0.5, 0.6) is 0 Å². The van der Waals surface area contributed by atoms with Gasteiger partial charge < -0.3 is 4.42 Å². The zero-order chi connectivity index (χ0) is 13.2. The highest BCUT2D eigenvalue weighted by Crippen LogP contribution is 2.34. The number of hydrazine groups is 1. The average Bonchev–Trinajstić information content (AvgIpc) is 2.86. The first-order chi connectivity index (χ1) is 9.29. The van der Waals surface area contributed by atoms with E-state index in [0.29, 0.717) is 0 Å². The van der Waals surface area contributed by atoms with Gasteiger partial charge in [-0.05, 0) is 59.3 Å². The number of para-hydroxylation sites is 1. The maximum atomic E-state index is 5.97. The third-order valence-electron chi connectivity index (χ3n) is 3.66. The van der Waals surface area contributed by atoms with Crippen molar-refractivity contribution in [1.82, 2.24) is 5.43 Å². The molecular formula is C15H17BrN2O. The Morgan fingerprint density at radius 2 is 2.21 bits per heavy atom. The number of hydrogen-bond donors (Lipinski definition) is 2. The predicted molar refractivity (Wildman–Crippen MR) is 80.5 cm³/mol. The molecule has 1 unspecified atom stereocenters. The van der Waals surface area contributed by atoms with Crippen LogP contribution in [0.1, 0.15) is 37.5 Å². The van der Waals surface area contributed by atoms with Gasteiger partial charge in [0.1, 0.15) is 11.3 Å². The molecule has 0 aliphatic heterocycles. The first kappa shape index (κ1) is 12.9. The van der Waals surface area contributed by atoms with Crippen LogP contribution in [-0.2, 0) is 0 Å². The Bertz CT molecular complexity index is 618. The molecule has 1 aliphatic rings. The van der Waals surface area contributed by atoms with E-state index >= 15 is 0 Å². The molecule has 4 heteroatoms. The first-order valence-corrected chi connectivity index (χ1v) is 7.42. The van der Waals surface area contributed by atoms with Crippen LogP contribution in [0.2, 0.25) is 0 Å². The molecule has 0 saturated heterocycles. The van der Waals surface area contributed by atoms with Crippen LogP contribution in [0.3, 0.4) is 0 Å². The predicted octanol–water partition coefficient (Wildman–Crippen LogP) is 4.20. The molecule has 1 aromatic carbocycles. The SMILES string of the molecule is NNC(C1=CCCCC1)c1cc2cccc(Br)c2o1. The smallest absolute Gasteiger partial charge is 0.148 e. The summed E-state index contributed by atoms with van der Waals surface area (Å²) in [5, 5.41) is 1.10. The van der Waals surface area contributed by atoms with Gasteiger partial charge in [0.2, 0.25) is 0 Å². The Labute approximate surface area is 120 Å². The Kier molecular flexibility index (Phi) is 3.73. The van der Waals surface area contributed by atoms with Gasteiger partial charge >= 0.3 is 0 Å². The largest absolute Gasteiger partial charge is 0.458 e. The van der Waals surface area contributed by atoms with Crippen LogP contribution in [-0.4, -0.2) is 0 Å². The van der Waals surface area contributed by atoms with Crippen LogP contribution in [0.4, 0.5) is 0 Å². The average molecular weight is 321 g/mol. The van der Waals surface area contributed by atoms with E-state index in [1.54, 1.807) is 0 Å². The van der Waals surface area contributed by atoms with Crippen molar-refractivity contribution in [2.24, 2.45) is 5.84 Å². The van der Waals surface area contributed by atoms with Gasteiger partial charge in [-0.15, -0.1) is 0 Å². The molecule has 0 spiro atoms. The molecule has 2 aromatic rings. The van der Waals surface area contributed by atoms with Crippen molar-refractivity contribution in [3.05, 3.63) is 46.1 Å². The standard InChI is InChI=1S/C15H17BrN2O/c16-12-8-4-7-11-9-13(19-15(11)12)14(18-17)10-5-2-1-3-6-10/h4-5,7-9,14,18H,1-3,6,17H2. The van der Waals surface area contributed by atoms with E-state index in [2.05, 4.69) is 39.6 Å². The minimum atomic E-state index is -0.0143. The fourth-order valence-corrected chi connectivity index (χ4v) is 3.15. The number of allylic oxidation sites excluding steroid dienone is 1. The monoisotopic (exact) mass is 320 g/mol. The summed E-state index contributed by atoms with van der Waals surface area (Å²) < 4.78 is 6.95. The summed E-state index contributed by atoms with van der Waals surface area (Å²) in [5.41, 5.74) is 5.11. The number of benzene rings is 1. The Morgan fingerprint density at radius 3 is 2.89 bits per heavy atom. The van der Waals surface area contributed by atoms with Crippen LogP contribution < -0.4 is 11.3 Å². The third-order valence-corrected chi connectivity index (χ3v) is 4.29. The molecule has 0 bridgehead atoms. The van der Waals surface area contributed by atoms with Crippen molar-refractivity contribution in [2.45, 2.75) is 31.7 Å². The molecule has 3 N–H and O–H groups in total. The van der Waals surface area contributed by atoms with Gasteiger partial charge in [-0.25, -0.2) is 5.43 Å². The normalized spacial score (nSPS) is 17.5. The van der Waals surface area contributed by atoms with E-state index in [9.17, 15) is 0 Å². The van der Waals surface area contributed by atoms with Crippen molar-refractivity contribution in [1.29, 1.82) is 0 Å². The van der Waals surface area contributed by atoms with Gasteiger partial charge in [0.15, 0.2) is 0 Å². The minimum absolute atomic E-state index is 0.0143. The second-order valence-corrected chi connectivity index (χ2v) is 5.79. The summed E-state index contributed by atoms with van der Waals surface area (Å²) in [6, 6.07) is 8.10. The molecule has 1 atom stereocenters. The summed E-state index contributed by atoms with van der Waals surface area (Å²) in [7, 11) is 0. The zero-order valence-corrected chi connectivity index (χ0v) is 12.2. The molecule has 19 heavy (non-hydrogen) atoms. The van der Waals surface area contributed by atoms with Gasteiger partial charge in [-0.3, -0.25) is 5.84 Å². The number of rotatable bonds is 3. The van der Waals surface area contributed by atoms with Gasteiger partial charge in [-0.1, -0.05) is 18.2 Å². The fraction of sp³-hybridized carbons (Fsp3) is 0.333. The second-order valence-electron chi connectivity index (χ2n) is 4.93. The second kappa shape index (κ2) is 5.49. The van der Waals surface area contributed by atoms with Gasteiger partial charge in [0.25, 0.3) is 0 Å². The summed E-state index contributed by atoms with van der Waals surface area (Å²) >= 11 is 3.52. The van der Waals surface area contributed by atoms with Crippen LogP contribution >= 0.6 is 15.9 Å². The zero-order valence-electron chi connectivity index (χ0n) is 10.7. The van der Waals surface area contributed by atoms with E-state index in [0.717, 1.165) is 34.0 Å². The lowest BCUT2D eigenvalue weighted by Crippen LogP contribution is -2.29. The highest BCUT2D eigenvalue weighted by Gasteiger charge is 2.21. The highest BCUT2D eigenvalue weighted by molar-refractivity contribution is 9.10. The lowest BCUT2D eigenvalue weighted by Gasteiger charge is -2.20. The Balaban J connectivity index is 2.01. The molecular weight excluding hydrogens is 304 g/mol. The summed E-state index contributed by atoms with van der Waals surface area (Å²) in [6.45, 7) is 0. The van der Waals surface area contributed by atoms with Crippen molar-refractivity contribution in [3.63, 3.8) is 0 Å². The number of hydrogen-bond acceptors (Lipinski definition) is 3. The van der Waals surface area contributed by atoms with E-state index in [1.807, 2.05) is 12.1 Å². The number of halogens is 1. The molecule has 3 nitrogen and oxygen atoms in total. The maximum absolute atomic E-state index is 5.97. The molecule has 0 radical (unpaired) electrons. The van der Waals surface area contributed by atoms with E-state index in [-0.39, 0.29) is 6.04 Å². The van der Waals surface area contributed by atoms with Crippen LogP contribution in [0, 0.1) is 0 Å². The summed E-state index contributed by atoms with van der Waals surface area (Å²) in [4.78, 5) is 0. The highest BCUT2D eigenvalue weighted by atomic mass is 79.9. The van der Waals surface area contributed by atoms with Crippen molar-refractivity contribution in [3.8, 4) is 0 Å². The third kappa shape index (κ3) is 2.48. The number of nitrogens with one attached hydrogen (secondary N) is 1. The van der Waals surface area contributed by atoms with Crippen molar-refractivity contribution in [2.75, 3.05) is 0 Å². The number of furan rings is 1. The lowest BCUT2D eigenvalue weighted by atomic mass is 9.93. The molecule has 0 amide bonds. The van der Waals surface area contributed by atoms with E-state index in [1.165, 1.54) is 18.4 Å². The number of nitrogens with two attached hydrogens (primary N) is 1. The summed E-state index contributed by atoms with van der Waals surface area (Å²) in [6.07, 6.45) is 7.02. The fourth-order valence-electron chi connectivity index (χ4n) is 2.69. The quantitative estimate of drug-likeness (QED) is 0.506. The minimum Gasteiger partial charge on any atom is -0.458 e. The molecule has 3 rings (SSSR count). The Hall–Kier alpha value is -1.10. The van der Waals surface area contributed by atoms with E-state index < -0.39 is 0 Å². The molecule has 100 valence electrons. The summed E-state index contributed by atoms with van der Waals surface area (Å²) in [5.74, 6) is 6.62. The molecule has 0 fully saturated rings. The maximum Gasteiger partial charge on any atom is 0.148 e. The van der Waals surface area contributed by atoms with Gasteiger partial charge in [0.05, 0.1) is 10.5 Å². The first-order valence-electron chi connectivity index (χ1n) is 6.62. The topological polar surface area (TPSA) is 51.2 Å².